The molecule has 0 bridgehead atoms. The number of halogens is 2. The van der Waals surface area contributed by atoms with Gasteiger partial charge in [0.05, 0.1) is 15.7 Å². The van der Waals surface area contributed by atoms with Crippen LogP contribution >= 0.6 is 0 Å². The van der Waals surface area contributed by atoms with E-state index in [1.54, 1.807) is 0 Å². The van der Waals surface area contributed by atoms with E-state index < -0.39 is 31.7 Å². The molecule has 162 valence electrons. The highest BCUT2D eigenvalue weighted by molar-refractivity contribution is 7.90. The molecule has 29 heavy (non-hydrogen) atoms. The van der Waals surface area contributed by atoms with Gasteiger partial charge in [0.1, 0.15) is 0 Å². The van der Waals surface area contributed by atoms with Crippen LogP contribution < -0.4 is 0 Å². The highest BCUT2D eigenvalue weighted by Gasteiger charge is 2.39. The number of rotatable bonds is 4. The average Bonchev–Trinajstić information content (AvgIpc) is 2.67. The SMILES string of the molecule is CS(=O)(=O)c1ccc(S(=O)(=O)N2CCC[C@@H](C(=O)N3CCC(F)(F)CC3)C2)cc1. The molecular formula is C18H24F2N2O5S2. The third kappa shape index (κ3) is 4.95. The maximum Gasteiger partial charge on any atom is 0.251 e. The second-order valence-electron chi connectivity index (χ2n) is 7.63. The fourth-order valence-electron chi connectivity index (χ4n) is 3.68. The van der Waals surface area contributed by atoms with Gasteiger partial charge < -0.3 is 4.90 Å². The second-order valence-corrected chi connectivity index (χ2v) is 11.6. The van der Waals surface area contributed by atoms with E-state index >= 15 is 0 Å². The zero-order valence-corrected chi connectivity index (χ0v) is 17.7. The van der Waals surface area contributed by atoms with Crippen molar-refractivity contribution in [1.82, 2.24) is 9.21 Å². The Balaban J connectivity index is 1.72. The maximum absolute atomic E-state index is 13.3. The standard InChI is InChI=1S/C18H24F2N2O5S2/c1-28(24,25)15-4-6-16(7-5-15)29(26,27)22-10-2-3-14(13-22)17(23)21-11-8-18(19,20)9-12-21/h4-7,14H,2-3,8-13H2,1H3/t14-/m1/s1. The molecule has 2 aliphatic rings. The number of hydrogen-bond donors (Lipinski definition) is 0. The van der Waals surface area contributed by atoms with Gasteiger partial charge in [-0.1, -0.05) is 0 Å². The predicted molar refractivity (Wildman–Crippen MR) is 102 cm³/mol. The second kappa shape index (κ2) is 7.92. The molecule has 0 radical (unpaired) electrons. The van der Waals surface area contributed by atoms with Crippen molar-refractivity contribution in [2.45, 2.75) is 41.4 Å². The van der Waals surface area contributed by atoms with E-state index in [-0.39, 0.29) is 54.7 Å². The summed E-state index contributed by atoms with van der Waals surface area (Å²) in [7, 11) is -7.33. The predicted octanol–water partition coefficient (Wildman–Crippen LogP) is 1.75. The number of carbonyl (C=O) groups excluding carboxylic acids is 1. The molecule has 0 aromatic heterocycles. The quantitative estimate of drug-likeness (QED) is 0.697. The van der Waals surface area contributed by atoms with Crippen molar-refractivity contribution in [3.8, 4) is 0 Å². The van der Waals surface area contributed by atoms with Gasteiger partial charge in [-0.2, -0.15) is 4.31 Å². The van der Waals surface area contributed by atoms with Crippen LogP contribution in [0.5, 0.6) is 0 Å². The number of likely N-dealkylation sites (tertiary alicyclic amines) is 1. The first-order valence-electron chi connectivity index (χ1n) is 9.37. The Kier molecular flexibility index (Phi) is 6.03. The molecule has 2 saturated heterocycles. The normalized spacial score (nSPS) is 23.7. The van der Waals surface area contributed by atoms with Gasteiger partial charge in [0.2, 0.25) is 15.9 Å². The van der Waals surface area contributed by atoms with Crippen LogP contribution in [0.4, 0.5) is 8.78 Å². The summed E-state index contributed by atoms with van der Waals surface area (Å²) in [5.41, 5.74) is 0. The monoisotopic (exact) mass is 450 g/mol. The lowest BCUT2D eigenvalue weighted by Crippen LogP contribution is -2.49. The molecule has 3 rings (SSSR count). The van der Waals surface area contributed by atoms with Gasteiger partial charge in [0, 0.05) is 45.3 Å². The lowest BCUT2D eigenvalue weighted by molar-refractivity contribution is -0.142. The molecule has 0 N–H and O–H groups in total. The molecule has 1 atom stereocenters. The van der Waals surface area contributed by atoms with Gasteiger partial charge in [0.15, 0.2) is 9.84 Å². The number of carbonyl (C=O) groups is 1. The molecular weight excluding hydrogens is 426 g/mol. The molecule has 0 saturated carbocycles. The maximum atomic E-state index is 13.3. The van der Waals surface area contributed by atoms with E-state index in [0.29, 0.717) is 12.8 Å². The van der Waals surface area contributed by atoms with Crippen LogP contribution in [-0.4, -0.2) is 70.3 Å². The molecule has 0 spiro atoms. The smallest absolute Gasteiger partial charge is 0.251 e. The minimum atomic E-state index is -3.89. The third-order valence-electron chi connectivity index (χ3n) is 5.43. The number of nitrogens with zero attached hydrogens (tertiary/aromatic N) is 2. The molecule has 1 aromatic rings. The number of benzene rings is 1. The van der Waals surface area contributed by atoms with Crippen LogP contribution in [0.25, 0.3) is 0 Å². The van der Waals surface area contributed by atoms with Gasteiger partial charge in [-0.3, -0.25) is 4.79 Å². The van der Waals surface area contributed by atoms with Crippen LogP contribution in [0.2, 0.25) is 0 Å². The molecule has 0 aliphatic carbocycles. The summed E-state index contributed by atoms with van der Waals surface area (Å²) in [6.07, 6.45) is 1.28. The fourth-order valence-corrected chi connectivity index (χ4v) is 5.84. The lowest BCUT2D eigenvalue weighted by atomic mass is 9.96. The average molecular weight is 451 g/mol. The Morgan fingerprint density at radius 1 is 1.00 bits per heavy atom. The van der Waals surface area contributed by atoms with Crippen molar-refractivity contribution >= 4 is 25.8 Å². The molecule has 11 heteroatoms. The Hall–Kier alpha value is -1.59. The van der Waals surface area contributed by atoms with Crippen LogP contribution in [0.15, 0.2) is 34.1 Å². The Morgan fingerprint density at radius 3 is 2.10 bits per heavy atom. The summed E-state index contributed by atoms with van der Waals surface area (Å²) in [6.45, 7) is 0.184. The molecule has 0 unspecified atom stereocenters. The van der Waals surface area contributed by atoms with Gasteiger partial charge in [-0.05, 0) is 37.1 Å². The molecule has 2 heterocycles. The first-order chi connectivity index (χ1) is 13.4. The zero-order valence-electron chi connectivity index (χ0n) is 16.1. The highest BCUT2D eigenvalue weighted by atomic mass is 32.2. The number of sulfone groups is 1. The molecule has 2 fully saturated rings. The summed E-state index contributed by atoms with van der Waals surface area (Å²) in [6, 6.07) is 4.96. The molecule has 7 nitrogen and oxygen atoms in total. The topological polar surface area (TPSA) is 91.8 Å². The number of amides is 1. The summed E-state index contributed by atoms with van der Waals surface area (Å²) >= 11 is 0. The molecule has 2 aliphatic heterocycles. The first-order valence-corrected chi connectivity index (χ1v) is 12.7. The first kappa shape index (κ1) is 22.1. The van der Waals surface area contributed by atoms with E-state index in [1.807, 2.05) is 0 Å². The summed E-state index contributed by atoms with van der Waals surface area (Å²) in [4.78, 5) is 14.1. The van der Waals surface area contributed by atoms with Gasteiger partial charge in [0.25, 0.3) is 5.92 Å². The van der Waals surface area contributed by atoms with Gasteiger partial charge in [-0.25, -0.2) is 25.6 Å². The molecule has 1 aromatic carbocycles. The summed E-state index contributed by atoms with van der Waals surface area (Å²) < 4.78 is 76.8. The van der Waals surface area contributed by atoms with E-state index in [1.165, 1.54) is 33.5 Å². The minimum absolute atomic E-state index is 0.0120. The number of alkyl halides is 2. The Morgan fingerprint density at radius 2 is 1.55 bits per heavy atom. The van der Waals surface area contributed by atoms with Gasteiger partial charge in [-0.15, -0.1) is 0 Å². The van der Waals surface area contributed by atoms with E-state index in [2.05, 4.69) is 0 Å². The minimum Gasteiger partial charge on any atom is -0.342 e. The van der Waals surface area contributed by atoms with Crippen LogP contribution in [0.1, 0.15) is 25.7 Å². The van der Waals surface area contributed by atoms with Crippen molar-refractivity contribution in [2.75, 3.05) is 32.4 Å². The lowest BCUT2D eigenvalue weighted by Gasteiger charge is -2.37. The van der Waals surface area contributed by atoms with Crippen molar-refractivity contribution in [3.05, 3.63) is 24.3 Å². The summed E-state index contributed by atoms with van der Waals surface area (Å²) in [5.74, 6) is -3.61. The molecule has 1 amide bonds. The number of sulfonamides is 1. The van der Waals surface area contributed by atoms with E-state index in [4.69, 9.17) is 0 Å². The third-order valence-corrected chi connectivity index (χ3v) is 8.44. The Bertz CT molecular complexity index is 968. The van der Waals surface area contributed by atoms with Crippen LogP contribution in [-0.2, 0) is 24.7 Å². The largest absolute Gasteiger partial charge is 0.342 e. The van der Waals surface area contributed by atoms with Crippen molar-refractivity contribution in [2.24, 2.45) is 5.92 Å². The zero-order chi connectivity index (χ0) is 21.4. The summed E-state index contributed by atoms with van der Waals surface area (Å²) in [5, 5.41) is 0. The van der Waals surface area contributed by atoms with Crippen molar-refractivity contribution in [1.29, 1.82) is 0 Å². The van der Waals surface area contributed by atoms with E-state index in [9.17, 15) is 30.4 Å². The van der Waals surface area contributed by atoms with Crippen molar-refractivity contribution in [3.63, 3.8) is 0 Å². The van der Waals surface area contributed by atoms with Gasteiger partial charge >= 0.3 is 0 Å². The van der Waals surface area contributed by atoms with Crippen LogP contribution in [0, 0.1) is 5.92 Å². The van der Waals surface area contributed by atoms with E-state index in [0.717, 1.165) is 6.26 Å². The number of piperidine rings is 2. The highest BCUT2D eigenvalue weighted by Crippen LogP contribution is 2.30. The van der Waals surface area contributed by atoms with Crippen molar-refractivity contribution < 1.29 is 30.4 Å². The van der Waals surface area contributed by atoms with Crippen LogP contribution in [0.3, 0.4) is 0 Å². The Labute approximate surface area is 169 Å². The fraction of sp³-hybridized carbons (Fsp3) is 0.611. The number of hydrogen-bond acceptors (Lipinski definition) is 5.